The smallest absolute Gasteiger partial charge is 0.161 e. The number of amidine groups is 1. The molecule has 5 heteroatoms. The highest BCUT2D eigenvalue weighted by molar-refractivity contribution is 8.14. The molecule has 0 amide bonds. The van der Waals surface area contributed by atoms with Gasteiger partial charge < -0.3 is 5.32 Å². The molecule has 2 aliphatic rings. The lowest BCUT2D eigenvalue weighted by molar-refractivity contribution is 0.266. The highest BCUT2D eigenvalue weighted by atomic mass is 32.2. The maximum absolute atomic E-state index is 13.3. The fraction of sp³-hybridized carbons (Fsp3) is 0.500. The van der Waals surface area contributed by atoms with Gasteiger partial charge in [0, 0.05) is 11.4 Å². The maximum atomic E-state index is 13.3. The zero-order valence-corrected chi connectivity index (χ0v) is 12.8. The Morgan fingerprint density at radius 3 is 3.14 bits per heavy atom. The third-order valence-electron chi connectivity index (χ3n) is 4.22. The first-order valence-electron chi connectivity index (χ1n) is 7.30. The van der Waals surface area contributed by atoms with Crippen LogP contribution in [0.2, 0.25) is 0 Å². The Morgan fingerprint density at radius 1 is 1.52 bits per heavy atom. The number of nitrogens with one attached hydrogen (secondary N) is 1. The van der Waals surface area contributed by atoms with E-state index in [2.05, 4.69) is 12.2 Å². The molecule has 1 aliphatic carbocycles. The number of hydrogen-bond donors (Lipinski definition) is 1. The van der Waals surface area contributed by atoms with Crippen molar-refractivity contribution in [3.8, 4) is 6.07 Å². The third kappa shape index (κ3) is 3.06. The third-order valence-corrected chi connectivity index (χ3v) is 5.37. The molecule has 1 aliphatic heterocycles. The largest absolute Gasteiger partial charge is 0.335 e. The number of nitriles is 1. The predicted molar refractivity (Wildman–Crippen MR) is 85.0 cm³/mol. The lowest BCUT2D eigenvalue weighted by Gasteiger charge is -2.33. The van der Waals surface area contributed by atoms with Gasteiger partial charge in [0.15, 0.2) is 5.17 Å². The summed E-state index contributed by atoms with van der Waals surface area (Å²) in [5.74, 6) is 1.27. The summed E-state index contributed by atoms with van der Waals surface area (Å²) in [7, 11) is 0. The van der Waals surface area contributed by atoms with Gasteiger partial charge in [0.1, 0.15) is 11.9 Å². The van der Waals surface area contributed by atoms with E-state index in [9.17, 15) is 4.39 Å². The standard InChI is InChI=1S/C16H18FN3S/c1-11-3-2-6-16(8-11)10-21-15(20-16)19-13-4-5-14(17)12(7-13)9-18/h4-5,7,11H,2-3,6,8,10H2,1H3,(H,19,20). The Bertz CT molecular complexity index is 622. The molecule has 2 unspecified atom stereocenters. The molecule has 1 spiro atoms. The van der Waals surface area contributed by atoms with Crippen molar-refractivity contribution in [3.05, 3.63) is 29.6 Å². The molecule has 0 aromatic heterocycles. The van der Waals surface area contributed by atoms with Gasteiger partial charge in [-0.25, -0.2) is 4.39 Å². The molecule has 1 aromatic carbocycles. The molecule has 1 fully saturated rings. The Kier molecular flexibility index (Phi) is 3.90. The Morgan fingerprint density at radius 2 is 2.38 bits per heavy atom. The first-order valence-corrected chi connectivity index (χ1v) is 8.28. The quantitative estimate of drug-likeness (QED) is 0.847. The van der Waals surface area contributed by atoms with Gasteiger partial charge in [-0.3, -0.25) is 4.99 Å². The summed E-state index contributed by atoms with van der Waals surface area (Å²) >= 11 is 1.72. The van der Waals surface area contributed by atoms with Crippen LogP contribution < -0.4 is 5.32 Å². The van der Waals surface area contributed by atoms with Crippen molar-refractivity contribution in [3.63, 3.8) is 0 Å². The fourth-order valence-electron chi connectivity index (χ4n) is 3.22. The molecule has 110 valence electrons. The summed E-state index contributed by atoms with van der Waals surface area (Å²) in [6.45, 7) is 2.30. The van der Waals surface area contributed by atoms with E-state index in [4.69, 9.17) is 10.3 Å². The van der Waals surface area contributed by atoms with Crippen molar-refractivity contribution in [1.82, 2.24) is 0 Å². The van der Waals surface area contributed by atoms with Gasteiger partial charge in [0.25, 0.3) is 0 Å². The Balaban J connectivity index is 1.75. The second kappa shape index (κ2) is 5.69. The van der Waals surface area contributed by atoms with E-state index in [1.807, 2.05) is 6.07 Å². The average Bonchev–Trinajstić information content (AvgIpc) is 2.83. The van der Waals surface area contributed by atoms with Crippen molar-refractivity contribution in [2.24, 2.45) is 10.9 Å². The first-order chi connectivity index (χ1) is 10.1. The Labute approximate surface area is 128 Å². The van der Waals surface area contributed by atoms with Crippen LogP contribution in [-0.4, -0.2) is 16.5 Å². The monoisotopic (exact) mass is 303 g/mol. The molecule has 1 N–H and O–H groups in total. The fourth-order valence-corrected chi connectivity index (χ4v) is 4.40. The van der Waals surface area contributed by atoms with Crippen LogP contribution >= 0.6 is 11.8 Å². The van der Waals surface area contributed by atoms with E-state index >= 15 is 0 Å². The molecule has 3 rings (SSSR count). The molecular formula is C16H18FN3S. The highest BCUT2D eigenvalue weighted by Crippen LogP contribution is 2.42. The maximum Gasteiger partial charge on any atom is 0.161 e. The summed E-state index contributed by atoms with van der Waals surface area (Å²) in [6.07, 6.45) is 4.85. The Hall–Kier alpha value is -1.54. The molecule has 1 heterocycles. The van der Waals surface area contributed by atoms with Crippen molar-refractivity contribution in [2.45, 2.75) is 38.1 Å². The van der Waals surface area contributed by atoms with Crippen LogP contribution in [0.3, 0.4) is 0 Å². The second-order valence-electron chi connectivity index (χ2n) is 6.06. The number of anilines is 1. The number of benzene rings is 1. The molecule has 3 nitrogen and oxygen atoms in total. The van der Waals surface area contributed by atoms with Crippen LogP contribution in [0.15, 0.2) is 23.2 Å². The lowest BCUT2D eigenvalue weighted by atomic mass is 9.78. The van der Waals surface area contributed by atoms with E-state index in [-0.39, 0.29) is 11.1 Å². The topological polar surface area (TPSA) is 48.2 Å². The zero-order chi connectivity index (χ0) is 14.9. The summed E-state index contributed by atoms with van der Waals surface area (Å²) in [4.78, 5) is 4.89. The van der Waals surface area contributed by atoms with Gasteiger partial charge in [-0.1, -0.05) is 31.5 Å². The molecule has 2 atom stereocenters. The number of nitrogens with zero attached hydrogens (tertiary/aromatic N) is 2. The summed E-state index contributed by atoms with van der Waals surface area (Å²) in [5.41, 5.74) is 0.868. The number of halogens is 1. The number of hydrogen-bond acceptors (Lipinski definition) is 4. The average molecular weight is 303 g/mol. The van der Waals surface area contributed by atoms with Crippen LogP contribution in [0.4, 0.5) is 10.1 Å². The van der Waals surface area contributed by atoms with Gasteiger partial charge in [-0.2, -0.15) is 5.26 Å². The number of aliphatic imine (C=N–C) groups is 1. The summed E-state index contributed by atoms with van der Waals surface area (Å²) in [6, 6.07) is 6.36. The summed E-state index contributed by atoms with van der Waals surface area (Å²) in [5, 5.41) is 13.0. The van der Waals surface area contributed by atoms with Crippen molar-refractivity contribution >= 4 is 22.6 Å². The van der Waals surface area contributed by atoms with Gasteiger partial charge >= 0.3 is 0 Å². The zero-order valence-electron chi connectivity index (χ0n) is 12.0. The first kappa shape index (κ1) is 14.4. The minimum absolute atomic E-state index is 0.0598. The molecule has 1 saturated carbocycles. The predicted octanol–water partition coefficient (Wildman–Crippen LogP) is 4.16. The van der Waals surface area contributed by atoms with Crippen molar-refractivity contribution < 1.29 is 4.39 Å². The molecule has 0 radical (unpaired) electrons. The summed E-state index contributed by atoms with van der Waals surface area (Å²) < 4.78 is 13.3. The molecule has 0 bridgehead atoms. The normalized spacial score (nSPS) is 28.2. The highest BCUT2D eigenvalue weighted by Gasteiger charge is 2.39. The molecule has 21 heavy (non-hydrogen) atoms. The second-order valence-corrected chi connectivity index (χ2v) is 7.03. The molecular weight excluding hydrogens is 285 g/mol. The van der Waals surface area contributed by atoms with E-state index in [0.29, 0.717) is 0 Å². The van der Waals surface area contributed by atoms with Crippen LogP contribution in [0, 0.1) is 23.1 Å². The van der Waals surface area contributed by atoms with Crippen LogP contribution in [-0.2, 0) is 0 Å². The van der Waals surface area contributed by atoms with E-state index in [1.54, 1.807) is 17.8 Å². The van der Waals surface area contributed by atoms with Crippen LogP contribution in [0.25, 0.3) is 0 Å². The lowest BCUT2D eigenvalue weighted by Crippen LogP contribution is -2.33. The minimum atomic E-state index is -0.485. The number of thioether (sulfide) groups is 1. The van der Waals surface area contributed by atoms with Crippen LogP contribution in [0.1, 0.15) is 38.2 Å². The molecule has 0 saturated heterocycles. The van der Waals surface area contributed by atoms with Crippen molar-refractivity contribution in [1.29, 1.82) is 5.26 Å². The van der Waals surface area contributed by atoms with Gasteiger partial charge in [-0.15, -0.1) is 0 Å². The van der Waals surface area contributed by atoms with Gasteiger partial charge in [-0.05, 0) is 37.0 Å². The number of rotatable bonds is 1. The van der Waals surface area contributed by atoms with Gasteiger partial charge in [0.2, 0.25) is 0 Å². The van der Waals surface area contributed by atoms with E-state index in [1.165, 1.54) is 25.0 Å². The van der Waals surface area contributed by atoms with E-state index in [0.717, 1.165) is 35.4 Å². The van der Waals surface area contributed by atoms with Gasteiger partial charge in [0.05, 0.1) is 11.1 Å². The minimum Gasteiger partial charge on any atom is -0.335 e. The van der Waals surface area contributed by atoms with Crippen molar-refractivity contribution in [2.75, 3.05) is 11.1 Å². The SMILES string of the molecule is CC1CCCC2(CSC(Nc3ccc(F)c(C#N)c3)=N2)C1. The van der Waals surface area contributed by atoms with E-state index < -0.39 is 5.82 Å². The van der Waals surface area contributed by atoms with Crippen LogP contribution in [0.5, 0.6) is 0 Å². The molecule has 1 aromatic rings.